The zero-order valence-corrected chi connectivity index (χ0v) is 27.5. The zero-order valence-electron chi connectivity index (χ0n) is 26.0. The number of allylic oxidation sites excluding steroid dienone is 2. The van der Waals surface area contributed by atoms with Crippen molar-refractivity contribution in [3.05, 3.63) is 99.0 Å². The number of amides is 4. The lowest BCUT2D eigenvalue weighted by molar-refractivity contribution is -0.141. The molecule has 11 heteroatoms. The maximum atomic E-state index is 15.2. The number of fused-ring (bicyclic) bond motifs is 4. The molecule has 0 spiro atoms. The first-order valence-electron chi connectivity index (χ1n) is 15.6. The van der Waals surface area contributed by atoms with Crippen LogP contribution in [0.1, 0.15) is 42.4 Å². The Balaban J connectivity index is 1.48. The summed E-state index contributed by atoms with van der Waals surface area (Å²) >= 11 is 12.6. The molecule has 2 aliphatic carbocycles. The number of likely N-dealkylation sites (tertiary alicyclic amines) is 1. The highest BCUT2D eigenvalue weighted by Gasteiger charge is 2.70. The third-order valence-corrected chi connectivity index (χ3v) is 11.1. The standard InChI is InChI=1S/C36H33Cl2N3O6/c1-4-40-32(43)23-14-13-22-25(29(23)34(40)45)17-26-33(44)41(39-28-15-10-20(37)16-27(28)38)35(46)36(26,19-8-11-21(47-3)12-9-19)30(22)24-7-5-6-18(2)31(24)42/h5-13,15-16,23,25-26,29-30,39,42H,4,14,17H2,1-3H3/t23-,25+,26-,29-,30+,36+/m0/s1. The molecule has 4 aliphatic rings. The van der Waals surface area contributed by atoms with Gasteiger partial charge in [0.1, 0.15) is 11.5 Å². The van der Waals surface area contributed by atoms with Crippen LogP contribution in [0.15, 0.2) is 72.3 Å². The van der Waals surface area contributed by atoms with Gasteiger partial charge in [-0.1, -0.05) is 65.2 Å². The van der Waals surface area contributed by atoms with Gasteiger partial charge in [0.25, 0.3) is 11.8 Å². The monoisotopic (exact) mass is 673 g/mol. The van der Waals surface area contributed by atoms with E-state index in [1.807, 2.05) is 12.1 Å². The van der Waals surface area contributed by atoms with Crippen LogP contribution in [-0.4, -0.2) is 52.3 Å². The average molecular weight is 675 g/mol. The van der Waals surface area contributed by atoms with Crippen molar-refractivity contribution in [3.8, 4) is 11.5 Å². The highest BCUT2D eigenvalue weighted by Crippen LogP contribution is 2.65. The number of nitrogens with one attached hydrogen (secondary N) is 1. The second-order valence-corrected chi connectivity index (χ2v) is 13.5. The number of rotatable bonds is 6. The Labute approximate surface area is 282 Å². The molecule has 1 saturated carbocycles. The number of phenolic OH excluding ortho intramolecular Hbond substituents is 1. The van der Waals surface area contributed by atoms with Crippen LogP contribution in [0.25, 0.3) is 0 Å². The van der Waals surface area contributed by atoms with Crippen LogP contribution < -0.4 is 10.2 Å². The Bertz CT molecular complexity index is 1880. The number of aryl methyl sites for hydroxylation is 1. The van der Waals surface area contributed by atoms with Crippen LogP contribution in [0.2, 0.25) is 10.0 Å². The summed E-state index contributed by atoms with van der Waals surface area (Å²) in [5.74, 6) is -4.49. The number of benzene rings is 3. The third kappa shape index (κ3) is 4.43. The molecule has 0 unspecified atom stereocenters. The van der Waals surface area contributed by atoms with Gasteiger partial charge in [0.2, 0.25) is 11.8 Å². The van der Waals surface area contributed by atoms with E-state index in [0.717, 1.165) is 10.6 Å². The van der Waals surface area contributed by atoms with Crippen LogP contribution in [-0.2, 0) is 24.6 Å². The molecule has 6 atom stereocenters. The average Bonchev–Trinajstić information content (AvgIpc) is 3.44. The van der Waals surface area contributed by atoms with E-state index >= 15 is 4.79 Å². The SMILES string of the molecule is CCN1C(=O)[C@H]2[C@H](CC=C3[C@H]2C[C@H]2C(=O)N(Nc4ccc(Cl)cc4Cl)C(=O)[C@@]2(c2ccc(OC)cc2)[C@H]3c2cccc(C)c2O)C1=O. The Morgan fingerprint density at radius 2 is 1.72 bits per heavy atom. The number of phenols is 1. The van der Waals surface area contributed by atoms with E-state index in [2.05, 4.69) is 5.43 Å². The number of carbonyl (C=O) groups excluding carboxylic acids is 4. The van der Waals surface area contributed by atoms with Gasteiger partial charge in [-0.15, -0.1) is 0 Å². The van der Waals surface area contributed by atoms with E-state index in [1.54, 1.807) is 69.5 Å². The van der Waals surface area contributed by atoms with Crippen molar-refractivity contribution in [2.45, 2.75) is 38.0 Å². The minimum Gasteiger partial charge on any atom is -0.507 e. The Hall–Kier alpha value is -4.34. The first-order valence-corrected chi connectivity index (χ1v) is 16.4. The van der Waals surface area contributed by atoms with Crippen molar-refractivity contribution in [3.63, 3.8) is 0 Å². The Kier molecular flexibility index (Phi) is 7.60. The lowest BCUT2D eigenvalue weighted by atomic mass is 9.49. The molecule has 2 heterocycles. The quantitative estimate of drug-likeness (QED) is 0.243. The Morgan fingerprint density at radius 3 is 2.40 bits per heavy atom. The smallest absolute Gasteiger partial charge is 0.260 e. The molecule has 0 aromatic heterocycles. The number of hydrogen-bond acceptors (Lipinski definition) is 7. The molecule has 47 heavy (non-hydrogen) atoms. The number of aromatic hydroxyl groups is 1. The second-order valence-electron chi connectivity index (χ2n) is 12.6. The van der Waals surface area contributed by atoms with Gasteiger partial charge in [0.05, 0.1) is 41.0 Å². The first kappa shape index (κ1) is 31.3. The highest BCUT2D eigenvalue weighted by molar-refractivity contribution is 6.36. The van der Waals surface area contributed by atoms with E-state index in [0.29, 0.717) is 39.6 Å². The number of ether oxygens (including phenoxy) is 1. The number of hydrogen-bond donors (Lipinski definition) is 2. The van der Waals surface area contributed by atoms with Crippen molar-refractivity contribution in [2.24, 2.45) is 23.7 Å². The number of carbonyl (C=O) groups is 4. The molecule has 9 nitrogen and oxygen atoms in total. The second kappa shape index (κ2) is 11.4. The lowest BCUT2D eigenvalue weighted by Gasteiger charge is -2.50. The van der Waals surface area contributed by atoms with Gasteiger partial charge in [-0.2, -0.15) is 5.01 Å². The van der Waals surface area contributed by atoms with Crippen LogP contribution in [0.4, 0.5) is 5.69 Å². The van der Waals surface area contributed by atoms with Crippen LogP contribution >= 0.6 is 23.2 Å². The number of anilines is 1. The number of hydrazine groups is 1. The van der Waals surface area contributed by atoms with Gasteiger partial charge in [0.15, 0.2) is 0 Å². The summed E-state index contributed by atoms with van der Waals surface area (Å²) in [6.07, 6.45) is 2.43. The zero-order chi connectivity index (χ0) is 33.4. The van der Waals surface area contributed by atoms with E-state index < -0.39 is 46.8 Å². The molecule has 3 fully saturated rings. The summed E-state index contributed by atoms with van der Waals surface area (Å²) in [6.45, 7) is 3.80. The van der Waals surface area contributed by atoms with Crippen molar-refractivity contribution < 1.29 is 29.0 Å². The molecule has 7 rings (SSSR count). The van der Waals surface area contributed by atoms with Gasteiger partial charge in [-0.05, 0) is 74.1 Å². The fourth-order valence-electron chi connectivity index (χ4n) is 8.48. The van der Waals surface area contributed by atoms with Crippen LogP contribution in [0.5, 0.6) is 11.5 Å². The molecular formula is C36H33Cl2N3O6. The van der Waals surface area contributed by atoms with E-state index in [9.17, 15) is 19.5 Å². The van der Waals surface area contributed by atoms with E-state index in [4.69, 9.17) is 27.9 Å². The fraction of sp³-hybridized carbons (Fsp3) is 0.333. The minimum absolute atomic E-state index is 0.00391. The van der Waals surface area contributed by atoms with Crippen LogP contribution in [0, 0.1) is 30.6 Å². The van der Waals surface area contributed by atoms with Gasteiger partial charge in [-0.25, -0.2) is 0 Å². The molecule has 2 N–H and O–H groups in total. The lowest BCUT2D eigenvalue weighted by Crippen LogP contribution is -2.53. The summed E-state index contributed by atoms with van der Waals surface area (Å²) in [5.41, 5.74) is 4.15. The maximum Gasteiger partial charge on any atom is 0.260 e. The number of methoxy groups -OCH3 is 1. The molecule has 3 aromatic rings. The molecule has 2 saturated heterocycles. The normalized spacial score (nSPS) is 28.2. The predicted octanol–water partition coefficient (Wildman–Crippen LogP) is 6.02. The van der Waals surface area contributed by atoms with Gasteiger partial charge in [0, 0.05) is 23.0 Å². The van der Waals surface area contributed by atoms with Crippen molar-refractivity contribution >= 4 is 52.5 Å². The first-order chi connectivity index (χ1) is 22.5. The Morgan fingerprint density at radius 1 is 0.979 bits per heavy atom. The molecule has 2 aliphatic heterocycles. The summed E-state index contributed by atoms with van der Waals surface area (Å²) in [6, 6.07) is 17.1. The van der Waals surface area contributed by atoms with Gasteiger partial charge >= 0.3 is 0 Å². The summed E-state index contributed by atoms with van der Waals surface area (Å²) in [5, 5.41) is 13.3. The minimum atomic E-state index is -1.54. The highest BCUT2D eigenvalue weighted by atomic mass is 35.5. The maximum absolute atomic E-state index is 15.2. The summed E-state index contributed by atoms with van der Waals surface area (Å²) in [7, 11) is 1.55. The number of nitrogens with zero attached hydrogens (tertiary/aromatic N) is 2. The fourth-order valence-corrected chi connectivity index (χ4v) is 8.93. The van der Waals surface area contributed by atoms with E-state index in [-0.39, 0.29) is 35.6 Å². The summed E-state index contributed by atoms with van der Waals surface area (Å²) < 4.78 is 5.43. The molecule has 4 amide bonds. The summed E-state index contributed by atoms with van der Waals surface area (Å²) in [4.78, 5) is 58.4. The predicted molar refractivity (Wildman–Crippen MR) is 176 cm³/mol. The van der Waals surface area contributed by atoms with E-state index in [1.165, 1.54) is 11.0 Å². The van der Waals surface area contributed by atoms with Crippen LogP contribution in [0.3, 0.4) is 0 Å². The molecule has 242 valence electrons. The number of para-hydroxylation sites is 1. The van der Waals surface area contributed by atoms with Crippen molar-refractivity contribution in [1.29, 1.82) is 0 Å². The van der Waals surface area contributed by atoms with Gasteiger partial charge < -0.3 is 9.84 Å². The van der Waals surface area contributed by atoms with Gasteiger partial charge in [-0.3, -0.25) is 29.5 Å². The molecule has 0 bridgehead atoms. The molecule has 3 aromatic carbocycles. The number of halogens is 2. The largest absolute Gasteiger partial charge is 0.507 e. The van der Waals surface area contributed by atoms with Crippen molar-refractivity contribution in [2.75, 3.05) is 19.1 Å². The molecular weight excluding hydrogens is 641 g/mol. The van der Waals surface area contributed by atoms with Crippen molar-refractivity contribution in [1.82, 2.24) is 9.91 Å². The third-order valence-electron chi connectivity index (χ3n) is 10.6. The topological polar surface area (TPSA) is 116 Å². The molecule has 0 radical (unpaired) electrons. The number of imide groups is 2.